The summed E-state index contributed by atoms with van der Waals surface area (Å²) in [5.74, 6) is 1.09. The molecule has 78 valence electrons. The van der Waals surface area contributed by atoms with Gasteiger partial charge in [0.1, 0.15) is 0 Å². The van der Waals surface area contributed by atoms with E-state index in [0.29, 0.717) is 5.09 Å². The molecule has 1 aromatic rings. The first-order valence-corrected chi connectivity index (χ1v) is 6.57. The molecule has 0 aliphatic rings. The average molecular weight is 232 g/mol. The van der Waals surface area contributed by atoms with Crippen molar-refractivity contribution in [2.24, 2.45) is 0 Å². The van der Waals surface area contributed by atoms with Crippen LogP contribution in [-0.4, -0.2) is 28.8 Å². The molecule has 0 aromatic carbocycles. The van der Waals surface area contributed by atoms with Gasteiger partial charge in [-0.2, -0.15) is 11.8 Å². The second-order valence-corrected chi connectivity index (χ2v) is 4.70. The van der Waals surface area contributed by atoms with E-state index >= 15 is 0 Å². The predicted octanol–water partition coefficient (Wildman–Crippen LogP) is 2.82. The largest absolute Gasteiger partial charge is 0.475 e. The van der Waals surface area contributed by atoms with Crippen molar-refractivity contribution in [1.82, 2.24) is 0 Å². The molecule has 0 aliphatic heterocycles. The highest BCUT2D eigenvalue weighted by atomic mass is 32.2. The molecule has 0 spiro atoms. The summed E-state index contributed by atoms with van der Waals surface area (Å²) in [6, 6.07) is 3.19. The minimum absolute atomic E-state index is 0.0115. The lowest BCUT2D eigenvalue weighted by Crippen LogP contribution is -1.91. The lowest BCUT2D eigenvalue weighted by atomic mass is 10.5. The highest BCUT2D eigenvalue weighted by Gasteiger charge is 2.08. The van der Waals surface area contributed by atoms with Gasteiger partial charge < -0.3 is 9.52 Å². The molecule has 0 bridgehead atoms. The maximum Gasteiger partial charge on any atom is 0.371 e. The molecule has 0 unspecified atom stereocenters. The van der Waals surface area contributed by atoms with Crippen molar-refractivity contribution in [2.75, 3.05) is 17.8 Å². The standard InChI is InChI=1S/C9H12O3S2/c1-13-5-2-6-14-8-4-3-7(12-8)9(10)11/h3-4H,2,5-6H2,1H3,(H,10,11). The molecule has 1 aromatic heterocycles. The van der Waals surface area contributed by atoms with Gasteiger partial charge >= 0.3 is 5.97 Å². The zero-order valence-corrected chi connectivity index (χ0v) is 9.49. The van der Waals surface area contributed by atoms with Crippen molar-refractivity contribution < 1.29 is 14.3 Å². The highest BCUT2D eigenvalue weighted by Crippen LogP contribution is 2.22. The maximum atomic E-state index is 10.5. The first kappa shape index (κ1) is 11.5. The van der Waals surface area contributed by atoms with E-state index < -0.39 is 5.97 Å². The second kappa shape index (κ2) is 6.03. The smallest absolute Gasteiger partial charge is 0.371 e. The van der Waals surface area contributed by atoms with Gasteiger partial charge in [0.15, 0.2) is 5.09 Å². The van der Waals surface area contributed by atoms with Gasteiger partial charge in [-0.25, -0.2) is 4.79 Å². The summed E-state index contributed by atoms with van der Waals surface area (Å²) in [5.41, 5.74) is 0. The van der Waals surface area contributed by atoms with Crippen molar-refractivity contribution in [3.05, 3.63) is 17.9 Å². The SMILES string of the molecule is CSCCCSc1ccc(C(=O)O)o1. The molecule has 1 N–H and O–H groups in total. The number of aromatic carboxylic acids is 1. The topological polar surface area (TPSA) is 50.4 Å². The van der Waals surface area contributed by atoms with Crippen LogP contribution in [0.3, 0.4) is 0 Å². The van der Waals surface area contributed by atoms with Crippen molar-refractivity contribution in [1.29, 1.82) is 0 Å². The van der Waals surface area contributed by atoms with Gasteiger partial charge in [0, 0.05) is 5.75 Å². The lowest BCUT2D eigenvalue weighted by Gasteiger charge is -1.95. The molecule has 0 radical (unpaired) electrons. The van der Waals surface area contributed by atoms with Crippen LogP contribution >= 0.6 is 23.5 Å². The zero-order chi connectivity index (χ0) is 10.4. The molecule has 3 nitrogen and oxygen atoms in total. The number of hydrogen-bond donors (Lipinski definition) is 1. The monoisotopic (exact) mass is 232 g/mol. The summed E-state index contributed by atoms with van der Waals surface area (Å²) >= 11 is 3.36. The van der Waals surface area contributed by atoms with Crippen LogP contribution in [0.15, 0.2) is 21.6 Å². The molecule has 0 atom stereocenters. The third-order valence-corrected chi connectivity index (χ3v) is 3.22. The molecule has 5 heteroatoms. The van der Waals surface area contributed by atoms with Crippen LogP contribution in [0.2, 0.25) is 0 Å². The quantitative estimate of drug-likeness (QED) is 0.603. The van der Waals surface area contributed by atoms with E-state index in [4.69, 9.17) is 9.52 Å². The minimum atomic E-state index is -1.01. The third-order valence-electron chi connectivity index (χ3n) is 1.53. The summed E-state index contributed by atoms with van der Waals surface area (Å²) in [7, 11) is 0. The summed E-state index contributed by atoms with van der Waals surface area (Å²) in [5, 5.41) is 9.29. The molecule has 0 saturated heterocycles. The Morgan fingerprint density at radius 2 is 2.29 bits per heavy atom. The van der Waals surface area contributed by atoms with Crippen LogP contribution in [0, 0.1) is 0 Å². The fraction of sp³-hybridized carbons (Fsp3) is 0.444. The Kier molecular flexibility index (Phi) is 4.97. The van der Waals surface area contributed by atoms with E-state index in [2.05, 4.69) is 6.26 Å². The van der Waals surface area contributed by atoms with E-state index in [1.54, 1.807) is 17.8 Å². The fourth-order valence-corrected chi connectivity index (χ4v) is 2.31. The molecule has 0 saturated carbocycles. The fourth-order valence-electron chi connectivity index (χ4n) is 0.889. The first-order valence-electron chi connectivity index (χ1n) is 4.19. The summed E-state index contributed by atoms with van der Waals surface area (Å²) in [6.45, 7) is 0. The summed E-state index contributed by atoms with van der Waals surface area (Å²) in [6.07, 6.45) is 3.18. The molecule has 1 rings (SSSR count). The minimum Gasteiger partial charge on any atom is -0.475 e. The average Bonchev–Trinajstić information content (AvgIpc) is 2.61. The number of thioether (sulfide) groups is 2. The van der Waals surface area contributed by atoms with Crippen molar-refractivity contribution in [3.8, 4) is 0 Å². The van der Waals surface area contributed by atoms with E-state index in [1.165, 1.54) is 6.07 Å². The Morgan fingerprint density at radius 1 is 1.50 bits per heavy atom. The van der Waals surface area contributed by atoms with Crippen LogP contribution in [0.25, 0.3) is 0 Å². The third kappa shape index (κ3) is 3.67. The Morgan fingerprint density at radius 3 is 2.86 bits per heavy atom. The highest BCUT2D eigenvalue weighted by molar-refractivity contribution is 7.99. The zero-order valence-electron chi connectivity index (χ0n) is 7.86. The van der Waals surface area contributed by atoms with Crippen molar-refractivity contribution >= 4 is 29.5 Å². The van der Waals surface area contributed by atoms with Gasteiger partial charge in [0.2, 0.25) is 5.76 Å². The molecule has 14 heavy (non-hydrogen) atoms. The number of carboxylic acid groups (broad SMARTS) is 1. The van der Waals surface area contributed by atoms with Crippen LogP contribution in [-0.2, 0) is 0 Å². The van der Waals surface area contributed by atoms with Crippen LogP contribution in [0.1, 0.15) is 17.0 Å². The van der Waals surface area contributed by atoms with Gasteiger partial charge in [0.05, 0.1) is 0 Å². The van der Waals surface area contributed by atoms with E-state index in [1.807, 2.05) is 11.8 Å². The molecule has 0 aliphatic carbocycles. The molecular formula is C9H12O3S2. The summed E-state index contributed by atoms with van der Waals surface area (Å²) < 4.78 is 5.08. The van der Waals surface area contributed by atoms with E-state index in [-0.39, 0.29) is 5.76 Å². The molecular weight excluding hydrogens is 220 g/mol. The van der Waals surface area contributed by atoms with E-state index in [9.17, 15) is 4.79 Å². The number of furan rings is 1. The Balaban J connectivity index is 2.33. The van der Waals surface area contributed by atoms with Gasteiger partial charge in [-0.15, -0.1) is 0 Å². The molecule has 0 amide bonds. The second-order valence-electron chi connectivity index (χ2n) is 2.62. The Labute approximate surface area is 91.3 Å². The summed E-state index contributed by atoms with van der Waals surface area (Å²) in [4.78, 5) is 10.5. The lowest BCUT2D eigenvalue weighted by molar-refractivity contribution is 0.0656. The van der Waals surface area contributed by atoms with Crippen molar-refractivity contribution in [3.63, 3.8) is 0 Å². The van der Waals surface area contributed by atoms with Gasteiger partial charge in [0.25, 0.3) is 0 Å². The Bertz CT molecular complexity index is 296. The van der Waals surface area contributed by atoms with Gasteiger partial charge in [-0.05, 0) is 30.6 Å². The first-order chi connectivity index (χ1) is 6.74. The maximum absolute atomic E-state index is 10.5. The molecule has 1 heterocycles. The number of carbonyl (C=O) groups is 1. The number of hydrogen-bond acceptors (Lipinski definition) is 4. The van der Waals surface area contributed by atoms with Crippen molar-refractivity contribution in [2.45, 2.75) is 11.5 Å². The van der Waals surface area contributed by atoms with Gasteiger partial charge in [-0.1, -0.05) is 11.8 Å². The number of carboxylic acids is 1. The predicted molar refractivity (Wildman–Crippen MR) is 59.4 cm³/mol. The van der Waals surface area contributed by atoms with E-state index in [0.717, 1.165) is 17.9 Å². The Hall–Kier alpha value is -0.550. The molecule has 0 fully saturated rings. The van der Waals surface area contributed by atoms with Crippen LogP contribution < -0.4 is 0 Å². The number of rotatable bonds is 6. The van der Waals surface area contributed by atoms with Crippen LogP contribution in [0.4, 0.5) is 0 Å². The van der Waals surface area contributed by atoms with Gasteiger partial charge in [-0.3, -0.25) is 0 Å². The normalized spacial score (nSPS) is 10.4. The van der Waals surface area contributed by atoms with Crippen LogP contribution in [0.5, 0.6) is 0 Å².